The Labute approximate surface area is 102 Å². The van der Waals surface area contributed by atoms with E-state index >= 15 is 0 Å². The summed E-state index contributed by atoms with van der Waals surface area (Å²) in [7, 11) is 1.15. The van der Waals surface area contributed by atoms with Crippen LogP contribution in [0.2, 0.25) is 5.15 Å². The standard InChI is InChI=1S/C9H10ClFN4O2/c1-17-9(16)5-4-6(11)8(14-7(5)10)15(13)3-2-12/h2-4H,12-13H2,1H3/b3-2-. The molecule has 0 aliphatic rings. The van der Waals surface area contributed by atoms with E-state index in [2.05, 4.69) is 9.72 Å². The molecule has 0 saturated heterocycles. The number of hydrogen-bond acceptors (Lipinski definition) is 6. The number of rotatable bonds is 3. The monoisotopic (exact) mass is 260 g/mol. The maximum atomic E-state index is 13.6. The lowest BCUT2D eigenvalue weighted by Crippen LogP contribution is -2.27. The highest BCUT2D eigenvalue weighted by Crippen LogP contribution is 2.22. The fourth-order valence-electron chi connectivity index (χ4n) is 1.05. The fraction of sp³-hybridized carbons (Fsp3) is 0.111. The number of ether oxygens (including phenoxy) is 1. The summed E-state index contributed by atoms with van der Waals surface area (Å²) < 4.78 is 18.0. The average Bonchev–Trinajstić information content (AvgIpc) is 2.30. The van der Waals surface area contributed by atoms with Crippen LogP contribution >= 0.6 is 11.6 Å². The number of halogens is 2. The van der Waals surface area contributed by atoms with Crippen LogP contribution in [0.4, 0.5) is 10.2 Å². The molecule has 0 radical (unpaired) electrons. The largest absolute Gasteiger partial charge is 0.465 e. The summed E-state index contributed by atoms with van der Waals surface area (Å²) >= 11 is 5.70. The molecule has 0 atom stereocenters. The number of pyridine rings is 1. The van der Waals surface area contributed by atoms with Crippen LogP contribution in [0.15, 0.2) is 18.5 Å². The van der Waals surface area contributed by atoms with E-state index in [0.717, 1.165) is 24.4 Å². The second kappa shape index (κ2) is 5.46. The van der Waals surface area contributed by atoms with Crippen LogP contribution in [0, 0.1) is 5.82 Å². The van der Waals surface area contributed by atoms with Crippen molar-refractivity contribution in [1.29, 1.82) is 0 Å². The third-order valence-corrected chi connectivity index (χ3v) is 2.10. The molecule has 0 saturated carbocycles. The summed E-state index contributed by atoms with van der Waals surface area (Å²) in [5, 5.41) is 0.622. The van der Waals surface area contributed by atoms with Crippen molar-refractivity contribution in [2.24, 2.45) is 11.6 Å². The van der Waals surface area contributed by atoms with E-state index in [1.54, 1.807) is 0 Å². The Hall–Kier alpha value is -1.86. The van der Waals surface area contributed by atoms with Crippen LogP contribution in [0.25, 0.3) is 0 Å². The SMILES string of the molecule is COC(=O)c1cc(F)c(N(N)/C=C\N)nc1Cl. The van der Waals surface area contributed by atoms with Crippen LogP contribution in [0.3, 0.4) is 0 Å². The van der Waals surface area contributed by atoms with Gasteiger partial charge < -0.3 is 10.5 Å². The van der Waals surface area contributed by atoms with Crippen LogP contribution in [0.1, 0.15) is 10.4 Å². The summed E-state index contributed by atoms with van der Waals surface area (Å²) in [4.78, 5) is 14.8. The van der Waals surface area contributed by atoms with Gasteiger partial charge in [0.2, 0.25) is 0 Å². The van der Waals surface area contributed by atoms with Gasteiger partial charge in [-0.3, -0.25) is 5.01 Å². The Bertz CT molecular complexity index is 467. The molecule has 1 aromatic rings. The molecule has 0 bridgehead atoms. The van der Waals surface area contributed by atoms with Crippen molar-refractivity contribution in [2.45, 2.75) is 0 Å². The predicted molar refractivity (Wildman–Crippen MR) is 60.5 cm³/mol. The zero-order valence-electron chi connectivity index (χ0n) is 8.85. The van der Waals surface area contributed by atoms with Gasteiger partial charge in [0.05, 0.1) is 7.11 Å². The first-order valence-corrected chi connectivity index (χ1v) is 4.75. The average molecular weight is 261 g/mol. The van der Waals surface area contributed by atoms with E-state index in [4.69, 9.17) is 23.2 Å². The summed E-state index contributed by atoms with van der Waals surface area (Å²) in [5.41, 5.74) is 4.91. The number of hydrazine groups is 1. The Kier molecular flexibility index (Phi) is 4.24. The molecule has 8 heteroatoms. The summed E-state index contributed by atoms with van der Waals surface area (Å²) in [5.74, 6) is 3.55. The first-order valence-electron chi connectivity index (χ1n) is 4.38. The van der Waals surface area contributed by atoms with E-state index in [9.17, 15) is 9.18 Å². The first kappa shape index (κ1) is 13.2. The molecule has 0 aliphatic heterocycles. The second-order valence-corrected chi connectivity index (χ2v) is 3.23. The van der Waals surface area contributed by atoms with Crippen LogP contribution < -0.4 is 16.6 Å². The molecule has 0 aromatic carbocycles. The fourth-order valence-corrected chi connectivity index (χ4v) is 1.27. The van der Waals surface area contributed by atoms with Gasteiger partial charge in [0, 0.05) is 12.4 Å². The zero-order valence-corrected chi connectivity index (χ0v) is 9.61. The van der Waals surface area contributed by atoms with E-state index in [0.29, 0.717) is 0 Å². The second-order valence-electron chi connectivity index (χ2n) is 2.87. The molecule has 0 amide bonds. The number of carbonyl (C=O) groups excluding carboxylic acids is 1. The number of nitrogens with zero attached hydrogens (tertiary/aromatic N) is 2. The number of aromatic nitrogens is 1. The molecule has 0 fully saturated rings. The molecular formula is C9H10ClFN4O2. The minimum Gasteiger partial charge on any atom is -0.465 e. The summed E-state index contributed by atoms with van der Waals surface area (Å²) in [6, 6.07) is 0.890. The molecular weight excluding hydrogens is 251 g/mol. The lowest BCUT2D eigenvalue weighted by Gasteiger charge is -2.14. The molecule has 4 N–H and O–H groups in total. The Morgan fingerprint density at radius 2 is 2.35 bits per heavy atom. The van der Waals surface area contributed by atoms with Gasteiger partial charge in [0.25, 0.3) is 0 Å². The molecule has 6 nitrogen and oxygen atoms in total. The Balaban J connectivity index is 3.22. The third kappa shape index (κ3) is 2.83. The van der Waals surface area contributed by atoms with Crippen molar-refractivity contribution in [3.05, 3.63) is 35.0 Å². The minimum absolute atomic E-state index is 0.180. The molecule has 17 heavy (non-hydrogen) atoms. The van der Waals surface area contributed by atoms with E-state index in [1.807, 2.05) is 0 Å². The van der Waals surface area contributed by atoms with Gasteiger partial charge in [0.1, 0.15) is 10.7 Å². The molecule has 1 rings (SSSR count). The molecule has 92 valence electrons. The van der Waals surface area contributed by atoms with Crippen molar-refractivity contribution in [2.75, 3.05) is 12.1 Å². The maximum absolute atomic E-state index is 13.6. The molecule has 0 unspecified atom stereocenters. The molecule has 0 spiro atoms. The number of carbonyl (C=O) groups is 1. The van der Waals surface area contributed by atoms with Gasteiger partial charge in [-0.15, -0.1) is 0 Å². The Morgan fingerprint density at radius 3 is 2.88 bits per heavy atom. The summed E-state index contributed by atoms with van der Waals surface area (Å²) in [6.07, 6.45) is 2.28. The number of methoxy groups -OCH3 is 1. The van der Waals surface area contributed by atoms with E-state index in [-0.39, 0.29) is 16.5 Å². The lowest BCUT2D eigenvalue weighted by molar-refractivity contribution is 0.0600. The van der Waals surface area contributed by atoms with Gasteiger partial charge in [-0.1, -0.05) is 11.6 Å². The van der Waals surface area contributed by atoms with Gasteiger partial charge >= 0.3 is 5.97 Å². The normalized spacial score (nSPS) is 10.6. The van der Waals surface area contributed by atoms with Gasteiger partial charge in [0.15, 0.2) is 11.6 Å². The quantitative estimate of drug-likeness (QED) is 0.361. The van der Waals surface area contributed by atoms with Crippen molar-refractivity contribution < 1.29 is 13.9 Å². The summed E-state index contributed by atoms with van der Waals surface area (Å²) in [6.45, 7) is 0. The van der Waals surface area contributed by atoms with Crippen LogP contribution in [-0.2, 0) is 4.74 Å². The number of nitrogens with two attached hydrogens (primary N) is 2. The number of hydrogen-bond donors (Lipinski definition) is 2. The first-order chi connectivity index (χ1) is 8.01. The molecule has 1 aromatic heterocycles. The lowest BCUT2D eigenvalue weighted by atomic mass is 10.2. The van der Waals surface area contributed by atoms with Crippen molar-refractivity contribution in [3.8, 4) is 0 Å². The van der Waals surface area contributed by atoms with Gasteiger partial charge in [-0.25, -0.2) is 20.0 Å². The van der Waals surface area contributed by atoms with Crippen molar-refractivity contribution in [3.63, 3.8) is 0 Å². The highest BCUT2D eigenvalue weighted by Gasteiger charge is 2.18. The van der Waals surface area contributed by atoms with Gasteiger partial charge in [-0.2, -0.15) is 0 Å². The zero-order chi connectivity index (χ0) is 13.0. The van der Waals surface area contributed by atoms with Crippen LogP contribution in [-0.4, -0.2) is 18.1 Å². The van der Waals surface area contributed by atoms with Crippen LogP contribution in [0.5, 0.6) is 0 Å². The highest BCUT2D eigenvalue weighted by molar-refractivity contribution is 6.32. The van der Waals surface area contributed by atoms with Crippen molar-refractivity contribution in [1.82, 2.24) is 4.98 Å². The maximum Gasteiger partial charge on any atom is 0.341 e. The number of esters is 1. The van der Waals surface area contributed by atoms with Gasteiger partial charge in [-0.05, 0) is 6.07 Å². The third-order valence-electron chi connectivity index (χ3n) is 1.81. The Morgan fingerprint density at radius 1 is 1.71 bits per heavy atom. The van der Waals surface area contributed by atoms with E-state index in [1.165, 1.54) is 6.20 Å². The molecule has 1 heterocycles. The van der Waals surface area contributed by atoms with E-state index < -0.39 is 11.8 Å². The minimum atomic E-state index is -0.824. The highest BCUT2D eigenvalue weighted by atomic mass is 35.5. The number of anilines is 1. The smallest absolute Gasteiger partial charge is 0.341 e. The predicted octanol–water partition coefficient (Wildman–Crippen LogP) is 0.771. The van der Waals surface area contributed by atoms with Crippen molar-refractivity contribution >= 4 is 23.4 Å². The topological polar surface area (TPSA) is 94.5 Å². The molecule has 0 aliphatic carbocycles.